The number of benzene rings is 3. The number of amides is 3. The molecule has 0 bridgehead atoms. The van der Waals surface area contributed by atoms with E-state index in [1.54, 1.807) is 32.9 Å². The summed E-state index contributed by atoms with van der Waals surface area (Å²) in [4.78, 5) is 71.3. The molecule has 0 aliphatic carbocycles. The van der Waals surface area contributed by atoms with Crippen LogP contribution in [0.4, 0.5) is 4.79 Å². The van der Waals surface area contributed by atoms with E-state index in [1.807, 2.05) is 60.7 Å². The molecule has 0 unspecified atom stereocenters. The van der Waals surface area contributed by atoms with E-state index < -0.39 is 59.3 Å². The smallest absolute Gasteiger partial charge is 0.410 e. The predicted octanol–water partition coefficient (Wildman–Crippen LogP) is 4.99. The summed E-state index contributed by atoms with van der Waals surface area (Å²) in [5.74, 6) is -3.63. The van der Waals surface area contributed by atoms with E-state index in [9.17, 15) is 34.2 Å². The van der Waals surface area contributed by atoms with Crippen molar-refractivity contribution in [3.05, 3.63) is 102 Å². The van der Waals surface area contributed by atoms with Gasteiger partial charge in [0.25, 0.3) is 0 Å². The molecular weight excluding hydrogens is 638 g/mol. The second-order valence-corrected chi connectivity index (χ2v) is 13.7. The summed E-state index contributed by atoms with van der Waals surface area (Å²) >= 11 is 0. The van der Waals surface area contributed by atoms with Crippen molar-refractivity contribution >= 4 is 29.7 Å². The van der Waals surface area contributed by atoms with Crippen LogP contribution in [0, 0.1) is 5.92 Å². The maximum atomic E-state index is 14.4. The molecule has 11 nitrogen and oxygen atoms in total. The molecule has 0 spiro atoms. The summed E-state index contributed by atoms with van der Waals surface area (Å²) in [5, 5.41) is 19.5. The maximum Gasteiger partial charge on any atom is 0.410 e. The number of rotatable bonds is 15. The Morgan fingerprint density at radius 3 is 1.56 bits per heavy atom. The minimum atomic E-state index is -1.15. The van der Waals surface area contributed by atoms with E-state index >= 15 is 0 Å². The minimum absolute atomic E-state index is 0.0434. The summed E-state index contributed by atoms with van der Waals surface area (Å²) in [6.45, 7) is 6.74. The molecule has 4 atom stereocenters. The van der Waals surface area contributed by atoms with E-state index in [1.165, 1.54) is 54.9 Å². The summed E-state index contributed by atoms with van der Waals surface area (Å²) in [7, 11) is 4.46. The van der Waals surface area contributed by atoms with Crippen molar-refractivity contribution in [3.63, 3.8) is 0 Å². The fourth-order valence-corrected chi connectivity index (χ4v) is 5.52. The molecule has 50 heavy (non-hydrogen) atoms. The normalized spacial score (nSPS) is 13.7. The lowest BCUT2D eigenvalue weighted by Crippen LogP contribution is -2.57. The van der Waals surface area contributed by atoms with Gasteiger partial charge >= 0.3 is 12.1 Å². The van der Waals surface area contributed by atoms with E-state index in [0.29, 0.717) is 5.56 Å². The third-order valence-corrected chi connectivity index (χ3v) is 8.69. The number of likely N-dealkylation sites (N-methyl/N-ethyl adjacent to an activating group) is 3. The molecule has 2 N–H and O–H groups in total. The zero-order chi connectivity index (χ0) is 37.2. The highest BCUT2D eigenvalue weighted by atomic mass is 16.6. The lowest BCUT2D eigenvalue weighted by atomic mass is 9.92. The number of carbonyl (C=O) groups excluding carboxylic acids is 4. The number of hydrogen-bond donors (Lipinski definition) is 2. The van der Waals surface area contributed by atoms with E-state index in [-0.39, 0.29) is 31.4 Å². The monoisotopic (exact) mass is 687 g/mol. The Morgan fingerprint density at radius 1 is 0.660 bits per heavy atom. The second-order valence-electron chi connectivity index (χ2n) is 13.7. The Bertz CT molecular complexity index is 1610. The van der Waals surface area contributed by atoms with Gasteiger partial charge in [-0.3, -0.25) is 24.1 Å². The molecule has 3 aromatic rings. The molecule has 11 heteroatoms. The van der Waals surface area contributed by atoms with Crippen LogP contribution in [0.25, 0.3) is 0 Å². The topological polar surface area (TPSA) is 145 Å². The molecule has 3 amide bonds. The van der Waals surface area contributed by atoms with Gasteiger partial charge in [-0.1, -0.05) is 72.8 Å². The fraction of sp³-hybridized carbons (Fsp3) is 0.410. The first-order valence-electron chi connectivity index (χ1n) is 16.6. The Balaban J connectivity index is 1.90. The first kappa shape index (κ1) is 39.3. The Labute approximate surface area is 294 Å². The van der Waals surface area contributed by atoms with Gasteiger partial charge in [-0.15, -0.1) is 0 Å². The van der Waals surface area contributed by atoms with Gasteiger partial charge in [-0.2, -0.15) is 0 Å². The molecule has 3 rings (SSSR count). The molecule has 0 heterocycles. The van der Waals surface area contributed by atoms with Crippen LogP contribution in [0.2, 0.25) is 0 Å². The summed E-state index contributed by atoms with van der Waals surface area (Å²) in [6.07, 6.45) is -0.669. The Hall–Kier alpha value is -5.19. The van der Waals surface area contributed by atoms with Crippen molar-refractivity contribution in [1.82, 2.24) is 14.7 Å². The van der Waals surface area contributed by atoms with Gasteiger partial charge in [0.1, 0.15) is 23.4 Å². The summed E-state index contributed by atoms with van der Waals surface area (Å²) in [5.41, 5.74) is 1.41. The number of aliphatic carboxylic acids is 1. The first-order chi connectivity index (χ1) is 23.5. The van der Waals surface area contributed by atoms with Crippen LogP contribution in [-0.2, 0) is 43.2 Å². The van der Waals surface area contributed by atoms with Gasteiger partial charge in [-0.25, -0.2) is 4.79 Å². The standard InChI is InChI=1S/C39H49N3O8/c1-26(34(44)25-30(37(47)48)22-29-18-20-31(43)21-19-29)40(5)35(45)32(23-27-14-10-8-11-15-27)41(6)36(46)33(24-28-16-12-9-13-17-28)42(7)38(49)50-39(2,3)4/h8-21,26,30,32-33,43H,22-25H2,1-7H3,(H,47,48)/t26-,30+,32-,33-/m0/s1. The van der Waals surface area contributed by atoms with Crippen molar-refractivity contribution in [2.75, 3.05) is 21.1 Å². The van der Waals surface area contributed by atoms with Crippen LogP contribution < -0.4 is 0 Å². The summed E-state index contributed by atoms with van der Waals surface area (Å²) < 4.78 is 5.59. The van der Waals surface area contributed by atoms with Crippen LogP contribution >= 0.6 is 0 Å². The number of hydrogen-bond acceptors (Lipinski definition) is 7. The molecule has 0 aliphatic heterocycles. The lowest BCUT2D eigenvalue weighted by molar-refractivity contribution is -0.149. The highest BCUT2D eigenvalue weighted by Gasteiger charge is 2.39. The van der Waals surface area contributed by atoms with E-state index in [4.69, 9.17) is 4.74 Å². The molecule has 0 saturated heterocycles. The van der Waals surface area contributed by atoms with Crippen molar-refractivity contribution < 1.29 is 38.9 Å². The van der Waals surface area contributed by atoms with Crippen molar-refractivity contribution in [2.45, 2.75) is 77.1 Å². The van der Waals surface area contributed by atoms with Crippen LogP contribution in [0.3, 0.4) is 0 Å². The molecule has 268 valence electrons. The van der Waals surface area contributed by atoms with Crippen molar-refractivity contribution in [1.29, 1.82) is 0 Å². The van der Waals surface area contributed by atoms with Gasteiger partial charge in [-0.05, 0) is 62.9 Å². The van der Waals surface area contributed by atoms with Crippen LogP contribution in [0.5, 0.6) is 5.75 Å². The SMILES string of the molecule is C[C@@H](C(=O)C[C@@H](Cc1ccc(O)cc1)C(=O)O)N(C)C(=O)[C@H](Cc1ccccc1)N(C)C(=O)[C@H](Cc1ccccc1)N(C)C(=O)OC(C)(C)C. The number of carbonyl (C=O) groups is 5. The maximum absolute atomic E-state index is 14.4. The number of aromatic hydroxyl groups is 1. The van der Waals surface area contributed by atoms with Gasteiger partial charge in [0.2, 0.25) is 11.8 Å². The minimum Gasteiger partial charge on any atom is -0.508 e. The van der Waals surface area contributed by atoms with Gasteiger partial charge < -0.3 is 24.7 Å². The number of ketones is 1. The quantitative estimate of drug-likeness (QED) is 0.228. The molecular formula is C39H49N3O8. The number of phenols is 1. The number of carboxylic acids is 1. The molecule has 0 aliphatic rings. The average Bonchev–Trinajstić information content (AvgIpc) is 3.08. The number of phenolic OH excluding ortho intramolecular Hbond substituents is 1. The van der Waals surface area contributed by atoms with Crippen molar-refractivity contribution in [3.8, 4) is 5.75 Å². The van der Waals surface area contributed by atoms with E-state index in [2.05, 4.69) is 0 Å². The molecule has 0 saturated carbocycles. The fourth-order valence-electron chi connectivity index (χ4n) is 5.52. The largest absolute Gasteiger partial charge is 0.508 e. The van der Waals surface area contributed by atoms with Gasteiger partial charge in [0.05, 0.1) is 12.0 Å². The van der Waals surface area contributed by atoms with Gasteiger partial charge in [0, 0.05) is 40.4 Å². The highest BCUT2D eigenvalue weighted by molar-refractivity contribution is 5.95. The zero-order valence-electron chi connectivity index (χ0n) is 29.9. The summed E-state index contributed by atoms with van der Waals surface area (Å²) in [6, 6.07) is 21.4. The lowest BCUT2D eigenvalue weighted by Gasteiger charge is -2.37. The first-order valence-corrected chi connectivity index (χ1v) is 16.6. The Morgan fingerprint density at radius 2 is 1.10 bits per heavy atom. The van der Waals surface area contributed by atoms with Crippen LogP contribution in [-0.4, -0.2) is 99.4 Å². The number of Topliss-reactive ketones (excluding diaryl/α,β-unsaturated/α-hetero) is 1. The third kappa shape index (κ3) is 11.2. The zero-order valence-corrected chi connectivity index (χ0v) is 29.9. The molecule has 0 aromatic heterocycles. The highest BCUT2D eigenvalue weighted by Crippen LogP contribution is 2.21. The van der Waals surface area contributed by atoms with Crippen LogP contribution in [0.15, 0.2) is 84.9 Å². The number of ether oxygens (including phenoxy) is 1. The second kappa shape index (κ2) is 17.5. The third-order valence-electron chi connectivity index (χ3n) is 8.69. The van der Waals surface area contributed by atoms with Gasteiger partial charge in [0.15, 0.2) is 5.78 Å². The van der Waals surface area contributed by atoms with Crippen molar-refractivity contribution in [2.24, 2.45) is 5.92 Å². The number of carboxylic acid groups (broad SMARTS) is 1. The van der Waals surface area contributed by atoms with E-state index in [0.717, 1.165) is 11.1 Å². The number of nitrogens with zero attached hydrogens (tertiary/aromatic N) is 3. The molecule has 0 radical (unpaired) electrons. The molecule has 3 aromatic carbocycles. The Kier molecular flexibility index (Phi) is 13.7. The average molecular weight is 688 g/mol. The van der Waals surface area contributed by atoms with Crippen LogP contribution in [0.1, 0.15) is 50.8 Å². The molecule has 0 fully saturated rings. The predicted molar refractivity (Wildman–Crippen MR) is 189 cm³/mol.